The van der Waals surface area contributed by atoms with Gasteiger partial charge < -0.3 is 10.2 Å². The van der Waals surface area contributed by atoms with Gasteiger partial charge in [-0.3, -0.25) is 4.79 Å². The Morgan fingerprint density at radius 2 is 1.62 bits per heavy atom. The summed E-state index contributed by atoms with van der Waals surface area (Å²) in [6, 6.07) is 5.88. The minimum Gasteiger partial charge on any atom is -0.443 e. The van der Waals surface area contributed by atoms with Gasteiger partial charge in [-0.05, 0) is 54.2 Å². The van der Waals surface area contributed by atoms with Crippen LogP contribution in [-0.2, 0) is 0 Å². The number of carbonyl (C=O) groups excluding carboxylic acids is 1. The van der Waals surface area contributed by atoms with Crippen LogP contribution >= 0.6 is 0 Å². The molecule has 0 radical (unpaired) electrons. The number of nitrogen functional groups attached to an aromatic ring is 1. The molecule has 29 heavy (non-hydrogen) atoms. The van der Waals surface area contributed by atoms with Crippen molar-refractivity contribution in [3.8, 4) is 22.5 Å². The van der Waals surface area contributed by atoms with Gasteiger partial charge in [0.1, 0.15) is 17.3 Å². The maximum absolute atomic E-state index is 13.8. The molecule has 1 aromatic heterocycles. The molecule has 4 nitrogen and oxygen atoms in total. The Morgan fingerprint density at radius 3 is 2.14 bits per heavy atom. The highest BCUT2D eigenvalue weighted by atomic mass is 19.1. The van der Waals surface area contributed by atoms with Crippen molar-refractivity contribution in [3.63, 3.8) is 0 Å². The summed E-state index contributed by atoms with van der Waals surface area (Å²) in [5, 5.41) is 0. The van der Waals surface area contributed by atoms with E-state index in [4.69, 9.17) is 10.2 Å². The predicted octanol–water partition coefficient (Wildman–Crippen LogP) is 6.10. The molecule has 0 spiro atoms. The van der Waals surface area contributed by atoms with E-state index in [-0.39, 0.29) is 11.5 Å². The third-order valence-electron chi connectivity index (χ3n) is 5.19. The first-order chi connectivity index (χ1) is 13.7. The van der Waals surface area contributed by atoms with Crippen molar-refractivity contribution in [2.24, 2.45) is 5.92 Å². The molecule has 152 valence electrons. The number of oxazole rings is 1. The predicted molar refractivity (Wildman–Crippen MR) is 110 cm³/mol. The summed E-state index contributed by atoms with van der Waals surface area (Å²) < 4.78 is 32.9. The van der Waals surface area contributed by atoms with Gasteiger partial charge in [-0.1, -0.05) is 31.9 Å². The van der Waals surface area contributed by atoms with E-state index in [0.717, 1.165) is 17.0 Å². The molecule has 2 aromatic carbocycles. The number of Topliss-reactive ketones (excluding diaryl/α,β-unsaturated/α-hetero) is 1. The molecular weight excluding hydrogens is 374 g/mol. The Hall–Kier alpha value is -3.02. The lowest BCUT2D eigenvalue weighted by Gasteiger charge is -2.14. The third-order valence-corrected chi connectivity index (χ3v) is 5.19. The maximum Gasteiger partial charge on any atom is 0.182 e. The molecule has 0 saturated heterocycles. The molecule has 0 bridgehead atoms. The number of carbonyl (C=O) groups is 1. The number of hydrogen-bond donors (Lipinski definition) is 1. The van der Waals surface area contributed by atoms with Crippen molar-refractivity contribution in [1.29, 1.82) is 0 Å². The summed E-state index contributed by atoms with van der Waals surface area (Å²) >= 11 is 0. The Labute approximate surface area is 168 Å². The zero-order valence-corrected chi connectivity index (χ0v) is 17.0. The molecule has 1 fully saturated rings. The standard InChI is InChI=1S/C19H16F2N2O2.C4H8/c1-9-10(2)14(19-18(11(3)24)23-8-25-19)5-4-13(9)12-6-15(20)17(22)16(21)7-12;1-4-2-3-4/h4-8H,22H2,1-3H3;4H,2-3H2,1H3. The molecule has 1 heterocycles. The van der Waals surface area contributed by atoms with E-state index in [9.17, 15) is 13.6 Å². The number of rotatable bonds is 3. The Kier molecular flexibility index (Phi) is 5.82. The summed E-state index contributed by atoms with van der Waals surface area (Å²) in [6.07, 6.45) is 4.19. The average molecular weight is 398 g/mol. The van der Waals surface area contributed by atoms with E-state index in [2.05, 4.69) is 11.9 Å². The van der Waals surface area contributed by atoms with Crippen molar-refractivity contribution >= 4 is 11.5 Å². The number of nitrogens with zero attached hydrogens (tertiary/aromatic N) is 1. The van der Waals surface area contributed by atoms with Crippen LogP contribution in [0.1, 0.15) is 48.3 Å². The van der Waals surface area contributed by atoms with Crippen LogP contribution < -0.4 is 5.73 Å². The molecule has 0 amide bonds. The average Bonchev–Trinajstić information content (AvgIpc) is 3.29. The molecule has 2 N–H and O–H groups in total. The van der Waals surface area contributed by atoms with Gasteiger partial charge in [0, 0.05) is 12.5 Å². The van der Waals surface area contributed by atoms with Gasteiger partial charge in [0.2, 0.25) is 0 Å². The maximum atomic E-state index is 13.8. The fourth-order valence-corrected chi connectivity index (χ4v) is 2.97. The molecule has 3 aromatic rings. The van der Waals surface area contributed by atoms with Crippen LogP contribution in [-0.4, -0.2) is 10.8 Å². The number of hydrogen-bond acceptors (Lipinski definition) is 4. The van der Waals surface area contributed by atoms with E-state index in [1.807, 2.05) is 13.8 Å². The normalized spacial score (nSPS) is 13.0. The van der Waals surface area contributed by atoms with Crippen LogP contribution in [0.4, 0.5) is 14.5 Å². The highest BCUT2D eigenvalue weighted by molar-refractivity contribution is 5.98. The summed E-state index contributed by atoms with van der Waals surface area (Å²) in [7, 11) is 0. The second-order valence-corrected chi connectivity index (χ2v) is 7.53. The highest BCUT2D eigenvalue weighted by Gasteiger charge is 2.19. The van der Waals surface area contributed by atoms with E-state index in [1.54, 1.807) is 12.1 Å². The summed E-state index contributed by atoms with van der Waals surface area (Å²) in [4.78, 5) is 15.6. The highest BCUT2D eigenvalue weighted by Crippen LogP contribution is 2.35. The van der Waals surface area contributed by atoms with Gasteiger partial charge in [-0.2, -0.15) is 0 Å². The molecule has 1 aliphatic rings. The molecule has 0 atom stereocenters. The van der Waals surface area contributed by atoms with Crippen molar-refractivity contribution in [1.82, 2.24) is 4.98 Å². The molecule has 6 heteroatoms. The van der Waals surface area contributed by atoms with Crippen LogP contribution in [0, 0.1) is 31.4 Å². The van der Waals surface area contributed by atoms with Gasteiger partial charge in [0.25, 0.3) is 0 Å². The van der Waals surface area contributed by atoms with Crippen LogP contribution in [0.25, 0.3) is 22.5 Å². The van der Waals surface area contributed by atoms with Crippen LogP contribution in [0.5, 0.6) is 0 Å². The minimum atomic E-state index is -0.801. The molecule has 1 aliphatic carbocycles. The number of anilines is 1. The SMILES string of the molecule is CC(=O)c1ncoc1-c1ccc(-c2cc(F)c(N)c(F)c2)c(C)c1C.CC1CC1. The second kappa shape index (κ2) is 8.15. The second-order valence-electron chi connectivity index (χ2n) is 7.53. The topological polar surface area (TPSA) is 69.1 Å². The fourth-order valence-electron chi connectivity index (χ4n) is 2.97. The first kappa shape index (κ1) is 20.7. The van der Waals surface area contributed by atoms with Gasteiger partial charge in [-0.25, -0.2) is 13.8 Å². The molecule has 0 aliphatic heterocycles. The monoisotopic (exact) mass is 398 g/mol. The molecule has 4 rings (SSSR count). The zero-order chi connectivity index (χ0) is 21.3. The lowest BCUT2D eigenvalue weighted by atomic mass is 9.92. The quantitative estimate of drug-likeness (QED) is 0.427. The van der Waals surface area contributed by atoms with Crippen molar-refractivity contribution in [2.75, 3.05) is 5.73 Å². The van der Waals surface area contributed by atoms with Gasteiger partial charge in [-0.15, -0.1) is 0 Å². The molecule has 0 unspecified atom stereocenters. The number of aromatic nitrogens is 1. The van der Waals surface area contributed by atoms with Gasteiger partial charge >= 0.3 is 0 Å². The van der Waals surface area contributed by atoms with Crippen LogP contribution in [0.2, 0.25) is 0 Å². The Balaban J connectivity index is 0.000000536. The van der Waals surface area contributed by atoms with Gasteiger partial charge in [0.15, 0.2) is 23.6 Å². The largest absolute Gasteiger partial charge is 0.443 e. The van der Waals surface area contributed by atoms with E-state index in [1.165, 1.54) is 38.3 Å². The first-order valence-electron chi connectivity index (χ1n) is 9.50. The number of benzene rings is 2. The van der Waals surface area contributed by atoms with Crippen molar-refractivity contribution < 1.29 is 18.0 Å². The lowest BCUT2D eigenvalue weighted by Crippen LogP contribution is -1.99. The van der Waals surface area contributed by atoms with Crippen LogP contribution in [0.3, 0.4) is 0 Å². The molecular formula is C23H24F2N2O2. The minimum absolute atomic E-state index is 0.201. The summed E-state index contributed by atoms with van der Waals surface area (Å²) in [6.45, 7) is 7.38. The first-order valence-corrected chi connectivity index (χ1v) is 9.50. The lowest BCUT2D eigenvalue weighted by molar-refractivity contribution is 0.101. The molecule has 1 saturated carbocycles. The Morgan fingerprint density at radius 1 is 1.10 bits per heavy atom. The van der Waals surface area contributed by atoms with Crippen molar-refractivity contribution in [3.05, 3.63) is 59.1 Å². The van der Waals surface area contributed by atoms with E-state index >= 15 is 0 Å². The third kappa shape index (κ3) is 4.36. The summed E-state index contributed by atoms with van der Waals surface area (Å²) in [5.41, 5.74) is 8.49. The number of ketones is 1. The van der Waals surface area contributed by atoms with E-state index in [0.29, 0.717) is 22.5 Å². The van der Waals surface area contributed by atoms with E-state index < -0.39 is 17.3 Å². The van der Waals surface area contributed by atoms with Crippen LogP contribution in [0.15, 0.2) is 35.1 Å². The van der Waals surface area contributed by atoms with Crippen molar-refractivity contribution in [2.45, 2.75) is 40.5 Å². The number of halogens is 2. The smallest absolute Gasteiger partial charge is 0.182 e. The Bertz CT molecular complexity index is 1050. The van der Waals surface area contributed by atoms with Gasteiger partial charge in [0.05, 0.1) is 0 Å². The fraction of sp³-hybridized carbons (Fsp3) is 0.304. The summed E-state index contributed by atoms with van der Waals surface area (Å²) in [5.74, 6) is -0.336. The zero-order valence-electron chi connectivity index (χ0n) is 17.0. The number of nitrogens with two attached hydrogens (primary N) is 1.